The van der Waals surface area contributed by atoms with E-state index in [1.165, 1.54) is 12.1 Å². The molecule has 0 aliphatic heterocycles. The third-order valence-corrected chi connectivity index (χ3v) is 3.45. The maximum absolute atomic E-state index is 13.1. The Morgan fingerprint density at radius 2 is 2.11 bits per heavy atom. The average Bonchev–Trinajstić information content (AvgIpc) is 2.27. The fourth-order valence-corrected chi connectivity index (χ4v) is 1.75. The van der Waals surface area contributed by atoms with Crippen molar-refractivity contribution in [2.24, 2.45) is 11.1 Å². The Morgan fingerprint density at radius 1 is 1.50 bits per heavy atom. The predicted molar refractivity (Wildman–Crippen MR) is 73.4 cm³/mol. The Kier molecular flexibility index (Phi) is 4.87. The average molecular weight is 317 g/mol. The van der Waals surface area contributed by atoms with E-state index < -0.39 is 6.04 Å². The van der Waals surface area contributed by atoms with Gasteiger partial charge in [-0.2, -0.15) is 0 Å². The molecule has 1 aromatic carbocycles. The molecule has 0 spiro atoms. The van der Waals surface area contributed by atoms with Crippen LogP contribution in [0.25, 0.3) is 0 Å². The Bertz CT molecular complexity index is 443. The highest BCUT2D eigenvalue weighted by Crippen LogP contribution is 2.19. The van der Waals surface area contributed by atoms with E-state index in [0.29, 0.717) is 5.56 Å². The molecule has 3 N–H and O–H groups in total. The van der Waals surface area contributed by atoms with Crippen molar-refractivity contribution in [3.8, 4) is 0 Å². The number of hydrogen-bond donors (Lipinski definition) is 2. The van der Waals surface area contributed by atoms with Crippen molar-refractivity contribution >= 4 is 21.8 Å². The third kappa shape index (κ3) is 4.07. The highest BCUT2D eigenvalue weighted by atomic mass is 79.9. The lowest BCUT2D eigenvalue weighted by molar-refractivity contribution is -0.124. The van der Waals surface area contributed by atoms with Gasteiger partial charge in [-0.15, -0.1) is 0 Å². The minimum Gasteiger partial charge on any atom is -0.351 e. The van der Waals surface area contributed by atoms with Crippen LogP contribution in [0.1, 0.15) is 26.3 Å². The van der Waals surface area contributed by atoms with Crippen LogP contribution in [0.15, 0.2) is 22.7 Å². The number of halogens is 2. The zero-order chi connectivity index (χ0) is 13.9. The molecule has 3 nitrogen and oxygen atoms in total. The van der Waals surface area contributed by atoms with Gasteiger partial charge in [-0.25, -0.2) is 4.39 Å². The van der Waals surface area contributed by atoms with Crippen LogP contribution in [0.5, 0.6) is 0 Å². The minimum absolute atomic E-state index is 0.237. The van der Waals surface area contributed by atoms with Gasteiger partial charge in [0, 0.05) is 11.0 Å². The molecule has 0 unspecified atom stereocenters. The summed E-state index contributed by atoms with van der Waals surface area (Å²) in [6, 6.07) is 3.76. The van der Waals surface area contributed by atoms with Gasteiger partial charge < -0.3 is 11.1 Å². The molecule has 0 fully saturated rings. The van der Waals surface area contributed by atoms with Gasteiger partial charge in [0.15, 0.2) is 0 Å². The molecule has 0 radical (unpaired) electrons. The standard InChI is InChI=1S/C13H18BrFN2O/c1-13(2,3)11(16)12(18)17-7-8-6-9(15)4-5-10(8)14/h4-6,11H,7,16H2,1-3H3,(H,17,18)/t11-/m1/s1. The first-order valence-corrected chi connectivity index (χ1v) is 6.48. The third-order valence-electron chi connectivity index (χ3n) is 2.68. The molecule has 0 bridgehead atoms. The van der Waals surface area contributed by atoms with Crippen LogP contribution in [0, 0.1) is 11.2 Å². The molecular weight excluding hydrogens is 299 g/mol. The number of rotatable bonds is 3. The van der Waals surface area contributed by atoms with E-state index in [2.05, 4.69) is 21.2 Å². The smallest absolute Gasteiger partial charge is 0.237 e. The van der Waals surface area contributed by atoms with Crippen LogP contribution in [0.4, 0.5) is 4.39 Å². The van der Waals surface area contributed by atoms with Gasteiger partial charge in [-0.05, 0) is 29.2 Å². The first-order valence-electron chi connectivity index (χ1n) is 5.69. The number of carbonyl (C=O) groups is 1. The second-order valence-electron chi connectivity index (χ2n) is 5.30. The van der Waals surface area contributed by atoms with E-state index >= 15 is 0 Å². The predicted octanol–water partition coefficient (Wildman–Crippen LogP) is 2.58. The van der Waals surface area contributed by atoms with Crippen molar-refractivity contribution in [1.82, 2.24) is 5.32 Å². The molecule has 0 aliphatic rings. The summed E-state index contributed by atoms with van der Waals surface area (Å²) in [5.74, 6) is -0.568. The molecule has 0 heterocycles. The van der Waals surface area contributed by atoms with Crippen LogP contribution < -0.4 is 11.1 Å². The maximum Gasteiger partial charge on any atom is 0.237 e. The number of amides is 1. The fourth-order valence-electron chi connectivity index (χ4n) is 1.36. The van der Waals surface area contributed by atoms with Crippen LogP contribution in [0.2, 0.25) is 0 Å². The first kappa shape index (κ1) is 15.1. The van der Waals surface area contributed by atoms with E-state index in [1.54, 1.807) is 6.07 Å². The summed E-state index contributed by atoms with van der Waals surface area (Å²) in [7, 11) is 0. The molecule has 5 heteroatoms. The summed E-state index contributed by atoms with van der Waals surface area (Å²) in [5, 5.41) is 2.71. The van der Waals surface area contributed by atoms with E-state index in [0.717, 1.165) is 4.47 Å². The van der Waals surface area contributed by atoms with Crippen LogP contribution in [-0.2, 0) is 11.3 Å². The Balaban J connectivity index is 2.66. The first-order chi connectivity index (χ1) is 8.21. The lowest BCUT2D eigenvalue weighted by Crippen LogP contribution is -2.48. The van der Waals surface area contributed by atoms with E-state index in [-0.39, 0.29) is 23.7 Å². The summed E-state index contributed by atoms with van der Waals surface area (Å²) in [5.41, 5.74) is 6.21. The van der Waals surface area contributed by atoms with Crippen molar-refractivity contribution in [3.63, 3.8) is 0 Å². The Hall–Kier alpha value is -0.940. The largest absolute Gasteiger partial charge is 0.351 e. The molecule has 18 heavy (non-hydrogen) atoms. The quantitative estimate of drug-likeness (QED) is 0.900. The molecule has 1 rings (SSSR count). The molecule has 0 saturated carbocycles. The van der Waals surface area contributed by atoms with Gasteiger partial charge >= 0.3 is 0 Å². The summed E-state index contributed by atoms with van der Waals surface area (Å²) in [6.07, 6.45) is 0. The van der Waals surface area contributed by atoms with Crippen molar-refractivity contribution in [3.05, 3.63) is 34.1 Å². The number of carbonyl (C=O) groups excluding carboxylic acids is 1. The van der Waals surface area contributed by atoms with Gasteiger partial charge in [-0.1, -0.05) is 36.7 Å². The molecule has 1 aromatic rings. The van der Waals surface area contributed by atoms with Gasteiger partial charge in [-0.3, -0.25) is 4.79 Å². The van der Waals surface area contributed by atoms with E-state index in [9.17, 15) is 9.18 Å². The number of nitrogens with two attached hydrogens (primary N) is 1. The molecular formula is C13H18BrFN2O. The summed E-state index contributed by atoms with van der Waals surface area (Å²) in [6.45, 7) is 5.95. The summed E-state index contributed by atoms with van der Waals surface area (Å²) in [4.78, 5) is 11.8. The topological polar surface area (TPSA) is 55.1 Å². The van der Waals surface area contributed by atoms with Gasteiger partial charge in [0.1, 0.15) is 5.82 Å². The maximum atomic E-state index is 13.1. The minimum atomic E-state index is -0.593. The number of nitrogens with one attached hydrogen (secondary N) is 1. The highest BCUT2D eigenvalue weighted by Gasteiger charge is 2.27. The lowest BCUT2D eigenvalue weighted by Gasteiger charge is -2.25. The number of benzene rings is 1. The zero-order valence-electron chi connectivity index (χ0n) is 10.8. The molecule has 1 amide bonds. The Morgan fingerprint density at radius 3 is 2.67 bits per heavy atom. The molecule has 0 aliphatic carbocycles. The van der Waals surface area contributed by atoms with Crippen molar-refractivity contribution in [2.75, 3.05) is 0 Å². The van der Waals surface area contributed by atoms with Gasteiger partial charge in [0.05, 0.1) is 6.04 Å². The normalized spacial score (nSPS) is 13.2. The van der Waals surface area contributed by atoms with Gasteiger partial charge in [0.25, 0.3) is 0 Å². The molecule has 0 aromatic heterocycles. The van der Waals surface area contributed by atoms with Crippen LogP contribution in [-0.4, -0.2) is 11.9 Å². The zero-order valence-corrected chi connectivity index (χ0v) is 12.3. The van der Waals surface area contributed by atoms with Crippen LogP contribution in [0.3, 0.4) is 0 Å². The Labute approximate surface area is 115 Å². The monoisotopic (exact) mass is 316 g/mol. The van der Waals surface area contributed by atoms with Crippen molar-refractivity contribution in [1.29, 1.82) is 0 Å². The molecule has 100 valence electrons. The second-order valence-corrected chi connectivity index (χ2v) is 6.15. The summed E-state index contributed by atoms with van der Waals surface area (Å²) >= 11 is 3.31. The fraction of sp³-hybridized carbons (Fsp3) is 0.462. The molecule has 0 saturated heterocycles. The van der Waals surface area contributed by atoms with E-state index in [4.69, 9.17) is 5.73 Å². The second kappa shape index (κ2) is 5.80. The van der Waals surface area contributed by atoms with E-state index in [1.807, 2.05) is 20.8 Å². The van der Waals surface area contributed by atoms with Crippen LogP contribution >= 0.6 is 15.9 Å². The van der Waals surface area contributed by atoms with Crippen molar-refractivity contribution in [2.45, 2.75) is 33.4 Å². The summed E-state index contributed by atoms with van der Waals surface area (Å²) < 4.78 is 13.8. The van der Waals surface area contributed by atoms with Gasteiger partial charge in [0.2, 0.25) is 5.91 Å². The number of hydrogen-bond acceptors (Lipinski definition) is 2. The SMILES string of the molecule is CC(C)(C)[C@H](N)C(=O)NCc1cc(F)ccc1Br. The lowest BCUT2D eigenvalue weighted by atomic mass is 9.87. The highest BCUT2D eigenvalue weighted by molar-refractivity contribution is 9.10. The van der Waals surface area contributed by atoms with Crippen molar-refractivity contribution < 1.29 is 9.18 Å². The molecule has 1 atom stereocenters.